The predicted molar refractivity (Wildman–Crippen MR) is 100 cm³/mol. The van der Waals surface area contributed by atoms with Gasteiger partial charge in [-0.05, 0) is 36.2 Å². The van der Waals surface area contributed by atoms with Gasteiger partial charge in [-0.15, -0.1) is 0 Å². The lowest BCUT2D eigenvalue weighted by molar-refractivity contribution is 0.0716. The first kappa shape index (κ1) is 17.3. The first-order valence-electron chi connectivity index (χ1n) is 8.77. The topological polar surface area (TPSA) is 80.0 Å². The standard InChI is InChI=1S/C21H19NO5/c1-26-14-9-7-13(8-10-14)18-17-19(24)15-5-2-3-6-16(15)27-20(17)21(25)22(18)11-4-12-23/h2-3,5-10,18,23H,4,11-12H2,1H3/t18-/m1/s1. The number of hydrogen-bond donors (Lipinski definition) is 1. The van der Waals surface area contributed by atoms with Crippen LogP contribution in [0.4, 0.5) is 0 Å². The molecule has 0 unspecified atom stereocenters. The molecule has 1 aromatic heterocycles. The fraction of sp³-hybridized carbons (Fsp3) is 0.238. The van der Waals surface area contributed by atoms with Crippen LogP contribution in [-0.4, -0.2) is 36.2 Å². The highest BCUT2D eigenvalue weighted by Gasteiger charge is 2.42. The van der Waals surface area contributed by atoms with Gasteiger partial charge < -0.3 is 19.2 Å². The van der Waals surface area contributed by atoms with E-state index in [0.29, 0.717) is 35.2 Å². The van der Waals surface area contributed by atoms with Crippen molar-refractivity contribution in [3.63, 3.8) is 0 Å². The number of ether oxygens (including phenoxy) is 1. The molecule has 4 rings (SSSR count). The summed E-state index contributed by atoms with van der Waals surface area (Å²) >= 11 is 0. The molecule has 138 valence electrons. The van der Waals surface area contributed by atoms with Gasteiger partial charge in [-0.1, -0.05) is 24.3 Å². The van der Waals surface area contributed by atoms with E-state index >= 15 is 0 Å². The van der Waals surface area contributed by atoms with Crippen molar-refractivity contribution in [1.82, 2.24) is 4.90 Å². The molecule has 1 aliphatic rings. The number of para-hydroxylation sites is 1. The summed E-state index contributed by atoms with van der Waals surface area (Å²) in [4.78, 5) is 27.8. The van der Waals surface area contributed by atoms with Crippen molar-refractivity contribution < 1.29 is 19.1 Å². The third-order valence-electron chi connectivity index (χ3n) is 4.86. The van der Waals surface area contributed by atoms with Crippen molar-refractivity contribution in [2.75, 3.05) is 20.3 Å². The van der Waals surface area contributed by atoms with Gasteiger partial charge in [-0.3, -0.25) is 9.59 Å². The molecule has 0 fully saturated rings. The third kappa shape index (κ3) is 2.78. The zero-order valence-electron chi connectivity index (χ0n) is 14.8. The van der Waals surface area contributed by atoms with E-state index in [-0.39, 0.29) is 23.7 Å². The van der Waals surface area contributed by atoms with Crippen LogP contribution in [0.5, 0.6) is 5.75 Å². The van der Waals surface area contributed by atoms with E-state index in [2.05, 4.69) is 0 Å². The Morgan fingerprint density at radius 3 is 2.56 bits per heavy atom. The summed E-state index contributed by atoms with van der Waals surface area (Å²) in [6.45, 7) is 0.283. The first-order valence-corrected chi connectivity index (χ1v) is 8.77. The molecule has 0 radical (unpaired) electrons. The molecule has 1 N–H and O–H groups in total. The summed E-state index contributed by atoms with van der Waals surface area (Å²) in [6, 6.07) is 13.6. The molecule has 0 saturated carbocycles. The zero-order valence-corrected chi connectivity index (χ0v) is 14.8. The molecule has 1 amide bonds. The lowest BCUT2D eigenvalue weighted by atomic mass is 9.98. The maximum atomic E-state index is 13.2. The molecular formula is C21H19NO5. The second-order valence-corrected chi connectivity index (χ2v) is 6.42. The molecule has 0 saturated heterocycles. The molecule has 27 heavy (non-hydrogen) atoms. The van der Waals surface area contributed by atoms with E-state index in [1.54, 1.807) is 48.4 Å². The molecule has 0 spiro atoms. The maximum absolute atomic E-state index is 13.2. The minimum absolute atomic E-state index is 0.0428. The van der Waals surface area contributed by atoms with E-state index in [0.717, 1.165) is 5.56 Å². The van der Waals surface area contributed by atoms with Gasteiger partial charge in [0, 0.05) is 13.2 Å². The van der Waals surface area contributed by atoms with E-state index in [1.165, 1.54) is 0 Å². The summed E-state index contributed by atoms with van der Waals surface area (Å²) in [7, 11) is 1.58. The number of methoxy groups -OCH3 is 1. The van der Waals surface area contributed by atoms with Crippen LogP contribution in [0.15, 0.2) is 57.7 Å². The second-order valence-electron chi connectivity index (χ2n) is 6.42. The van der Waals surface area contributed by atoms with Crippen LogP contribution in [0, 0.1) is 0 Å². The van der Waals surface area contributed by atoms with E-state index in [4.69, 9.17) is 9.15 Å². The Labute approximate surface area is 155 Å². The van der Waals surface area contributed by atoms with Gasteiger partial charge in [0.1, 0.15) is 11.3 Å². The minimum atomic E-state index is -0.550. The summed E-state index contributed by atoms with van der Waals surface area (Å²) in [5.74, 6) is 0.440. The normalized spacial score (nSPS) is 16.0. The Morgan fingerprint density at radius 2 is 1.85 bits per heavy atom. The molecule has 2 heterocycles. The number of aliphatic hydroxyl groups excluding tert-OH is 1. The molecule has 2 aromatic carbocycles. The SMILES string of the molecule is COc1ccc([C@@H]2c3c(oc4ccccc4c3=O)C(=O)N2CCCO)cc1. The Kier molecular flexibility index (Phi) is 4.41. The van der Waals surface area contributed by atoms with Gasteiger partial charge in [-0.25, -0.2) is 0 Å². The van der Waals surface area contributed by atoms with Crippen molar-refractivity contribution in [3.8, 4) is 5.75 Å². The van der Waals surface area contributed by atoms with Crippen molar-refractivity contribution in [2.45, 2.75) is 12.5 Å². The maximum Gasteiger partial charge on any atom is 0.290 e. The van der Waals surface area contributed by atoms with Crippen molar-refractivity contribution in [1.29, 1.82) is 0 Å². The van der Waals surface area contributed by atoms with Gasteiger partial charge >= 0.3 is 0 Å². The first-order chi connectivity index (χ1) is 13.2. The van der Waals surface area contributed by atoms with Crippen molar-refractivity contribution in [2.24, 2.45) is 0 Å². The number of fused-ring (bicyclic) bond motifs is 2. The Hall–Kier alpha value is -3.12. The molecule has 1 atom stereocenters. The Bertz CT molecular complexity index is 1050. The Balaban J connectivity index is 1.93. The van der Waals surface area contributed by atoms with Crippen LogP contribution in [0.3, 0.4) is 0 Å². The third-order valence-corrected chi connectivity index (χ3v) is 4.86. The molecule has 3 aromatic rings. The number of nitrogens with zero attached hydrogens (tertiary/aromatic N) is 1. The minimum Gasteiger partial charge on any atom is -0.497 e. The number of rotatable bonds is 5. The molecule has 0 aliphatic carbocycles. The van der Waals surface area contributed by atoms with E-state index < -0.39 is 6.04 Å². The summed E-state index contributed by atoms with van der Waals surface area (Å²) in [5.41, 5.74) is 1.34. The van der Waals surface area contributed by atoms with Crippen LogP contribution < -0.4 is 10.2 Å². The predicted octanol–water partition coefficient (Wildman–Crippen LogP) is 2.73. The average Bonchev–Trinajstić information content (AvgIpc) is 2.99. The quantitative estimate of drug-likeness (QED) is 0.752. The zero-order chi connectivity index (χ0) is 19.0. The number of benzene rings is 2. The summed E-state index contributed by atoms with van der Waals surface area (Å²) < 4.78 is 11.0. The highest BCUT2D eigenvalue weighted by molar-refractivity contribution is 5.99. The highest BCUT2D eigenvalue weighted by Crippen LogP contribution is 2.38. The number of aliphatic hydroxyl groups is 1. The highest BCUT2D eigenvalue weighted by atomic mass is 16.5. The monoisotopic (exact) mass is 365 g/mol. The molecule has 0 bridgehead atoms. The fourth-order valence-corrected chi connectivity index (χ4v) is 3.57. The smallest absolute Gasteiger partial charge is 0.290 e. The van der Waals surface area contributed by atoms with Gasteiger partial charge in [0.25, 0.3) is 5.91 Å². The largest absolute Gasteiger partial charge is 0.497 e. The van der Waals surface area contributed by atoms with E-state index in [9.17, 15) is 14.7 Å². The number of hydrogen-bond acceptors (Lipinski definition) is 5. The summed E-state index contributed by atoms with van der Waals surface area (Å²) in [6.07, 6.45) is 0.417. The van der Waals surface area contributed by atoms with Crippen LogP contribution in [0.1, 0.15) is 34.1 Å². The number of carbonyl (C=O) groups is 1. The number of carbonyl (C=O) groups excluding carboxylic acids is 1. The van der Waals surface area contributed by atoms with Crippen molar-refractivity contribution in [3.05, 3.63) is 75.6 Å². The average molecular weight is 365 g/mol. The lowest BCUT2D eigenvalue weighted by Gasteiger charge is -2.25. The van der Waals surface area contributed by atoms with Gasteiger partial charge in [0.2, 0.25) is 5.76 Å². The molecule has 6 heteroatoms. The van der Waals surface area contributed by atoms with Gasteiger partial charge in [0.15, 0.2) is 5.43 Å². The molecular weight excluding hydrogens is 346 g/mol. The van der Waals surface area contributed by atoms with Gasteiger partial charge in [0.05, 0.1) is 24.1 Å². The van der Waals surface area contributed by atoms with Crippen LogP contribution in [0.25, 0.3) is 11.0 Å². The van der Waals surface area contributed by atoms with Crippen LogP contribution in [-0.2, 0) is 0 Å². The van der Waals surface area contributed by atoms with Crippen LogP contribution in [0.2, 0.25) is 0 Å². The van der Waals surface area contributed by atoms with Crippen LogP contribution >= 0.6 is 0 Å². The number of amides is 1. The summed E-state index contributed by atoms with van der Waals surface area (Å²) in [5, 5.41) is 9.67. The second kappa shape index (κ2) is 6.89. The fourth-order valence-electron chi connectivity index (χ4n) is 3.57. The lowest BCUT2D eigenvalue weighted by Crippen LogP contribution is -2.31. The van der Waals surface area contributed by atoms with Crippen molar-refractivity contribution >= 4 is 16.9 Å². The van der Waals surface area contributed by atoms with E-state index in [1.807, 2.05) is 12.1 Å². The molecule has 6 nitrogen and oxygen atoms in total. The molecule has 1 aliphatic heterocycles. The Morgan fingerprint density at radius 1 is 1.11 bits per heavy atom. The van der Waals surface area contributed by atoms with Gasteiger partial charge in [-0.2, -0.15) is 0 Å².